The summed E-state index contributed by atoms with van der Waals surface area (Å²) in [6, 6.07) is 6.72. The van der Waals surface area contributed by atoms with Crippen LogP contribution in [0.1, 0.15) is 24.4 Å². The summed E-state index contributed by atoms with van der Waals surface area (Å²) >= 11 is 0. The van der Waals surface area contributed by atoms with Crippen molar-refractivity contribution in [2.75, 3.05) is 13.1 Å². The molecule has 0 amide bonds. The molecule has 116 valence electrons. The van der Waals surface area contributed by atoms with Gasteiger partial charge in [-0.1, -0.05) is 18.2 Å². The van der Waals surface area contributed by atoms with Crippen molar-refractivity contribution in [3.63, 3.8) is 0 Å². The van der Waals surface area contributed by atoms with Crippen molar-refractivity contribution in [1.82, 2.24) is 9.88 Å². The zero-order chi connectivity index (χ0) is 15.7. The molecular formula is C16H18N2O4. The first-order valence-corrected chi connectivity index (χ1v) is 7.33. The van der Waals surface area contributed by atoms with Crippen molar-refractivity contribution < 1.29 is 19.8 Å². The van der Waals surface area contributed by atoms with Crippen LogP contribution in [0, 0.1) is 5.92 Å². The molecule has 6 nitrogen and oxygen atoms in total. The first-order chi connectivity index (χ1) is 10.6. The smallest absolute Gasteiger partial charge is 0.325 e. The second kappa shape index (κ2) is 5.81. The van der Waals surface area contributed by atoms with Gasteiger partial charge < -0.3 is 15.2 Å². The van der Waals surface area contributed by atoms with Gasteiger partial charge in [0.05, 0.1) is 5.92 Å². The van der Waals surface area contributed by atoms with Crippen molar-refractivity contribution in [2.24, 2.45) is 5.92 Å². The van der Waals surface area contributed by atoms with Crippen LogP contribution in [0.4, 0.5) is 0 Å². The lowest BCUT2D eigenvalue weighted by Crippen LogP contribution is -2.43. The molecule has 0 spiro atoms. The number of carbonyl (C=O) groups is 2. The Kier molecular flexibility index (Phi) is 3.85. The molecular weight excluding hydrogens is 284 g/mol. The van der Waals surface area contributed by atoms with Crippen LogP contribution in [0.3, 0.4) is 0 Å². The molecule has 0 unspecified atom stereocenters. The molecule has 6 heteroatoms. The van der Waals surface area contributed by atoms with Crippen LogP contribution in [-0.2, 0) is 9.59 Å². The van der Waals surface area contributed by atoms with Gasteiger partial charge in [0.25, 0.3) is 0 Å². The first-order valence-electron chi connectivity index (χ1n) is 7.33. The number of H-pyrrole nitrogens is 1. The molecule has 0 aliphatic carbocycles. The number of rotatable bonds is 4. The van der Waals surface area contributed by atoms with E-state index < -0.39 is 23.9 Å². The van der Waals surface area contributed by atoms with Crippen LogP contribution in [0.15, 0.2) is 30.5 Å². The van der Waals surface area contributed by atoms with E-state index in [1.807, 2.05) is 24.3 Å². The van der Waals surface area contributed by atoms with Crippen molar-refractivity contribution in [1.29, 1.82) is 0 Å². The number of carboxylic acid groups (broad SMARTS) is 2. The molecule has 3 rings (SSSR count). The summed E-state index contributed by atoms with van der Waals surface area (Å²) in [7, 11) is 0. The fraction of sp³-hybridized carbons (Fsp3) is 0.375. The monoisotopic (exact) mass is 302 g/mol. The van der Waals surface area contributed by atoms with E-state index in [0.717, 1.165) is 10.9 Å². The number of hydrogen-bond acceptors (Lipinski definition) is 3. The largest absolute Gasteiger partial charge is 0.481 e. The van der Waals surface area contributed by atoms with Crippen LogP contribution >= 0.6 is 0 Å². The Morgan fingerprint density at radius 2 is 2.05 bits per heavy atom. The highest BCUT2D eigenvalue weighted by molar-refractivity contribution is 5.89. The number of hydrogen-bond donors (Lipinski definition) is 3. The predicted octanol–water partition coefficient (Wildman–Crippen LogP) is 2.09. The number of fused-ring (bicyclic) bond motifs is 1. The number of likely N-dealkylation sites (tertiary alicyclic amines) is 1. The third-order valence-electron chi connectivity index (χ3n) is 4.32. The summed E-state index contributed by atoms with van der Waals surface area (Å²) < 4.78 is 0. The maximum atomic E-state index is 11.8. The van der Waals surface area contributed by atoms with Crippen molar-refractivity contribution in [2.45, 2.75) is 18.9 Å². The number of nitrogens with one attached hydrogen (secondary N) is 1. The molecule has 2 heterocycles. The highest BCUT2D eigenvalue weighted by Crippen LogP contribution is 2.31. The molecule has 1 fully saturated rings. The quantitative estimate of drug-likeness (QED) is 0.804. The van der Waals surface area contributed by atoms with E-state index in [9.17, 15) is 19.8 Å². The van der Waals surface area contributed by atoms with Gasteiger partial charge in [0.1, 0.15) is 6.04 Å². The molecule has 1 aromatic heterocycles. The molecule has 2 atom stereocenters. The van der Waals surface area contributed by atoms with Crippen molar-refractivity contribution >= 4 is 22.8 Å². The van der Waals surface area contributed by atoms with E-state index in [4.69, 9.17) is 0 Å². The number of aliphatic carboxylic acids is 2. The topological polar surface area (TPSA) is 93.6 Å². The fourth-order valence-electron chi connectivity index (χ4n) is 3.25. The average molecular weight is 302 g/mol. The second-order valence-electron chi connectivity index (χ2n) is 5.70. The molecule has 2 aromatic rings. The summed E-state index contributed by atoms with van der Waals surface area (Å²) in [4.78, 5) is 27.9. The lowest BCUT2D eigenvalue weighted by molar-refractivity contribution is -0.149. The van der Waals surface area contributed by atoms with E-state index in [0.29, 0.717) is 24.9 Å². The minimum atomic E-state index is -0.948. The molecule has 1 saturated heterocycles. The summed E-state index contributed by atoms with van der Waals surface area (Å²) in [6.45, 7) is 0.867. The average Bonchev–Trinajstić information content (AvgIpc) is 2.91. The molecule has 1 aliphatic heterocycles. The molecule has 0 radical (unpaired) electrons. The van der Waals surface area contributed by atoms with Gasteiger partial charge in [-0.2, -0.15) is 0 Å². The predicted molar refractivity (Wildman–Crippen MR) is 80.6 cm³/mol. The number of para-hydroxylation sites is 1. The van der Waals surface area contributed by atoms with Gasteiger partial charge in [-0.25, -0.2) is 0 Å². The second-order valence-corrected chi connectivity index (χ2v) is 5.70. The molecule has 0 saturated carbocycles. The summed E-state index contributed by atoms with van der Waals surface area (Å²) in [5.74, 6) is -2.30. The Labute approximate surface area is 127 Å². The standard InChI is InChI=1S/C16H18N2O4/c19-15(20)10-4-3-7-18(9-10)14(16(21)22)12-8-17-13-6-2-1-5-11(12)13/h1-2,5-6,8,10,14,17H,3-4,7,9H2,(H,19,20)(H,21,22)/t10-,14-/m1/s1. The van der Waals surface area contributed by atoms with Crippen LogP contribution in [0.25, 0.3) is 10.9 Å². The van der Waals surface area contributed by atoms with Crippen LogP contribution in [0.2, 0.25) is 0 Å². The zero-order valence-electron chi connectivity index (χ0n) is 12.0. The highest BCUT2D eigenvalue weighted by atomic mass is 16.4. The van der Waals surface area contributed by atoms with Crippen molar-refractivity contribution in [3.05, 3.63) is 36.0 Å². The van der Waals surface area contributed by atoms with E-state index >= 15 is 0 Å². The van der Waals surface area contributed by atoms with Gasteiger partial charge in [0, 0.05) is 29.2 Å². The summed E-state index contributed by atoms with van der Waals surface area (Å²) in [5.41, 5.74) is 1.57. The number of carboxylic acids is 2. The molecule has 22 heavy (non-hydrogen) atoms. The number of piperidine rings is 1. The van der Waals surface area contributed by atoms with Crippen LogP contribution in [0.5, 0.6) is 0 Å². The summed E-state index contributed by atoms with van der Waals surface area (Å²) in [6.07, 6.45) is 3.02. The lowest BCUT2D eigenvalue weighted by atomic mass is 9.94. The van der Waals surface area contributed by atoms with Crippen molar-refractivity contribution in [3.8, 4) is 0 Å². The third-order valence-corrected chi connectivity index (χ3v) is 4.32. The fourth-order valence-corrected chi connectivity index (χ4v) is 3.25. The van der Waals surface area contributed by atoms with Gasteiger partial charge in [-0.05, 0) is 25.5 Å². The van der Waals surface area contributed by atoms with E-state index in [2.05, 4.69) is 4.98 Å². The minimum Gasteiger partial charge on any atom is -0.481 e. The van der Waals surface area contributed by atoms with E-state index in [1.54, 1.807) is 11.1 Å². The molecule has 3 N–H and O–H groups in total. The van der Waals surface area contributed by atoms with Crippen LogP contribution in [-0.4, -0.2) is 45.1 Å². The van der Waals surface area contributed by atoms with E-state index in [1.165, 1.54) is 0 Å². The Balaban J connectivity index is 1.96. The lowest BCUT2D eigenvalue weighted by Gasteiger charge is -2.34. The molecule has 1 aliphatic rings. The van der Waals surface area contributed by atoms with Gasteiger partial charge in [-0.15, -0.1) is 0 Å². The van der Waals surface area contributed by atoms with Gasteiger partial charge in [0.2, 0.25) is 0 Å². The normalized spacial score (nSPS) is 20.8. The molecule has 1 aromatic carbocycles. The minimum absolute atomic E-state index is 0.270. The van der Waals surface area contributed by atoms with Gasteiger partial charge >= 0.3 is 11.9 Å². The Morgan fingerprint density at radius 3 is 2.77 bits per heavy atom. The number of aromatic amines is 1. The Hall–Kier alpha value is -2.34. The third kappa shape index (κ3) is 2.57. The number of nitrogens with zero attached hydrogens (tertiary/aromatic N) is 1. The van der Waals surface area contributed by atoms with Crippen LogP contribution < -0.4 is 0 Å². The van der Waals surface area contributed by atoms with Gasteiger partial charge in [-0.3, -0.25) is 14.5 Å². The first kappa shape index (κ1) is 14.6. The molecule has 0 bridgehead atoms. The zero-order valence-corrected chi connectivity index (χ0v) is 12.0. The Bertz CT molecular complexity index is 709. The maximum Gasteiger partial charge on any atom is 0.325 e. The number of aromatic nitrogens is 1. The van der Waals surface area contributed by atoms with Gasteiger partial charge in [0.15, 0.2) is 0 Å². The Morgan fingerprint density at radius 1 is 1.27 bits per heavy atom. The SMILES string of the molecule is O=C(O)[C@@H]1CCCN([C@@H](C(=O)O)c2c[nH]c3ccccc23)C1. The number of benzene rings is 1. The summed E-state index contributed by atoms with van der Waals surface area (Å²) in [5, 5.41) is 19.7. The maximum absolute atomic E-state index is 11.8. The van der Waals surface area contributed by atoms with E-state index in [-0.39, 0.29) is 6.54 Å². The highest BCUT2D eigenvalue weighted by Gasteiger charge is 2.35.